The van der Waals surface area contributed by atoms with Crippen LogP contribution in [0.3, 0.4) is 0 Å². The normalized spacial score (nSPS) is 10.6. The lowest BCUT2D eigenvalue weighted by Gasteiger charge is -1.95. The van der Waals surface area contributed by atoms with Gasteiger partial charge in [-0.1, -0.05) is 0 Å². The van der Waals surface area contributed by atoms with Crippen LogP contribution in [-0.4, -0.2) is 9.97 Å². The second-order valence-corrected chi connectivity index (χ2v) is 3.43. The summed E-state index contributed by atoms with van der Waals surface area (Å²) in [5.74, 6) is 0.560. The molecule has 0 saturated carbocycles. The van der Waals surface area contributed by atoms with Gasteiger partial charge in [0.1, 0.15) is 11.5 Å². The number of anilines is 1. The zero-order valence-electron chi connectivity index (χ0n) is 5.63. The van der Waals surface area contributed by atoms with Gasteiger partial charge in [0, 0.05) is 15.2 Å². The van der Waals surface area contributed by atoms with Gasteiger partial charge in [0.2, 0.25) is 0 Å². The molecule has 0 unspecified atom stereocenters. The summed E-state index contributed by atoms with van der Waals surface area (Å²) < 4.78 is 1.13. The van der Waals surface area contributed by atoms with E-state index in [1.807, 2.05) is 18.3 Å². The van der Waals surface area contributed by atoms with Crippen LogP contribution >= 0.6 is 22.6 Å². The number of nitrogens with zero attached hydrogens (tertiary/aromatic N) is 1. The molecule has 0 aromatic carbocycles. The Kier molecular flexibility index (Phi) is 1.49. The molecule has 0 aliphatic carbocycles. The van der Waals surface area contributed by atoms with Crippen molar-refractivity contribution < 1.29 is 0 Å². The largest absolute Gasteiger partial charge is 0.384 e. The topological polar surface area (TPSA) is 54.7 Å². The summed E-state index contributed by atoms with van der Waals surface area (Å²) in [4.78, 5) is 7.12. The molecule has 2 aromatic rings. The number of halogens is 1. The average molecular weight is 259 g/mol. The van der Waals surface area contributed by atoms with Crippen molar-refractivity contribution >= 4 is 39.4 Å². The van der Waals surface area contributed by atoms with Crippen LogP contribution < -0.4 is 5.73 Å². The Hall–Kier alpha value is -0.780. The average Bonchev–Trinajstić information content (AvgIpc) is 2.34. The van der Waals surface area contributed by atoms with Gasteiger partial charge in [0.25, 0.3) is 0 Å². The lowest BCUT2D eigenvalue weighted by atomic mass is 10.3. The first-order valence-corrected chi connectivity index (χ1v) is 4.24. The summed E-state index contributed by atoms with van der Waals surface area (Å²) in [5.41, 5.74) is 6.40. The Morgan fingerprint density at radius 3 is 3.18 bits per heavy atom. The maximum absolute atomic E-state index is 5.55. The van der Waals surface area contributed by atoms with Crippen molar-refractivity contribution in [2.45, 2.75) is 0 Å². The van der Waals surface area contributed by atoms with E-state index in [-0.39, 0.29) is 0 Å². The maximum Gasteiger partial charge on any atom is 0.140 e. The third-order valence-corrected chi connectivity index (χ3v) is 2.39. The summed E-state index contributed by atoms with van der Waals surface area (Å²) in [5, 5.41) is 1.12. The number of nitrogens with one attached hydrogen (secondary N) is 1. The lowest BCUT2D eigenvalue weighted by Crippen LogP contribution is -1.90. The van der Waals surface area contributed by atoms with E-state index in [2.05, 4.69) is 32.6 Å². The number of aromatic nitrogens is 2. The Bertz CT molecular complexity index is 393. The molecule has 3 nitrogen and oxygen atoms in total. The van der Waals surface area contributed by atoms with Gasteiger partial charge in [-0.15, -0.1) is 0 Å². The standard InChI is InChI=1S/C7H6IN3/c8-5-3-6(9)11-7-4(5)1-2-10-7/h1-3H,(H3,9,10,11). The molecule has 0 aliphatic heterocycles. The molecule has 56 valence electrons. The van der Waals surface area contributed by atoms with Gasteiger partial charge in [-0.25, -0.2) is 4.98 Å². The summed E-state index contributed by atoms with van der Waals surface area (Å²) in [6.45, 7) is 0. The first-order chi connectivity index (χ1) is 5.27. The van der Waals surface area contributed by atoms with Crippen molar-refractivity contribution in [1.82, 2.24) is 9.97 Å². The molecule has 0 atom stereocenters. The number of hydrogen-bond donors (Lipinski definition) is 2. The summed E-state index contributed by atoms with van der Waals surface area (Å²) in [6.07, 6.45) is 1.86. The Morgan fingerprint density at radius 2 is 2.36 bits per heavy atom. The molecule has 2 heterocycles. The van der Waals surface area contributed by atoms with E-state index in [1.165, 1.54) is 0 Å². The molecule has 2 rings (SSSR count). The second kappa shape index (κ2) is 2.37. The Labute approximate surface area is 77.1 Å². The van der Waals surface area contributed by atoms with E-state index in [1.54, 1.807) is 0 Å². The molecule has 0 aliphatic rings. The minimum Gasteiger partial charge on any atom is -0.384 e. The minimum absolute atomic E-state index is 0.560. The van der Waals surface area contributed by atoms with Crippen molar-refractivity contribution in [3.63, 3.8) is 0 Å². The molecule has 0 saturated heterocycles. The SMILES string of the molecule is Nc1cc(I)c2cc[nH]c2n1. The van der Waals surface area contributed by atoms with Gasteiger partial charge in [-0.3, -0.25) is 0 Å². The van der Waals surface area contributed by atoms with Crippen LogP contribution in [0.4, 0.5) is 5.82 Å². The van der Waals surface area contributed by atoms with Crippen LogP contribution in [-0.2, 0) is 0 Å². The molecule has 0 amide bonds. The second-order valence-electron chi connectivity index (χ2n) is 2.27. The fourth-order valence-corrected chi connectivity index (χ4v) is 1.77. The van der Waals surface area contributed by atoms with E-state index in [9.17, 15) is 0 Å². The number of pyridine rings is 1. The molecular weight excluding hydrogens is 253 g/mol. The molecule has 3 N–H and O–H groups in total. The van der Waals surface area contributed by atoms with Crippen LogP contribution in [0, 0.1) is 3.57 Å². The number of nitrogen functional groups attached to an aromatic ring is 1. The van der Waals surface area contributed by atoms with Gasteiger partial charge < -0.3 is 10.7 Å². The Balaban J connectivity index is 2.91. The number of hydrogen-bond acceptors (Lipinski definition) is 2. The first kappa shape index (κ1) is 6.90. The Morgan fingerprint density at radius 1 is 1.55 bits per heavy atom. The quantitative estimate of drug-likeness (QED) is 0.708. The van der Waals surface area contributed by atoms with Crippen molar-refractivity contribution in [2.24, 2.45) is 0 Å². The number of aromatic amines is 1. The number of H-pyrrole nitrogens is 1. The molecule has 4 heteroatoms. The minimum atomic E-state index is 0.560. The highest BCUT2D eigenvalue weighted by Gasteiger charge is 2.00. The van der Waals surface area contributed by atoms with Crippen LogP contribution in [0.2, 0.25) is 0 Å². The monoisotopic (exact) mass is 259 g/mol. The van der Waals surface area contributed by atoms with Crippen molar-refractivity contribution in [2.75, 3.05) is 5.73 Å². The predicted octanol–water partition coefficient (Wildman–Crippen LogP) is 1.75. The highest BCUT2D eigenvalue weighted by molar-refractivity contribution is 14.1. The van der Waals surface area contributed by atoms with Crippen LogP contribution in [0.25, 0.3) is 11.0 Å². The van der Waals surface area contributed by atoms with E-state index in [0.29, 0.717) is 5.82 Å². The smallest absolute Gasteiger partial charge is 0.140 e. The van der Waals surface area contributed by atoms with Gasteiger partial charge in [-0.05, 0) is 34.7 Å². The van der Waals surface area contributed by atoms with Gasteiger partial charge >= 0.3 is 0 Å². The summed E-state index contributed by atoms with van der Waals surface area (Å²) >= 11 is 2.24. The van der Waals surface area contributed by atoms with E-state index < -0.39 is 0 Å². The van der Waals surface area contributed by atoms with Crippen LogP contribution in [0.15, 0.2) is 18.3 Å². The van der Waals surface area contributed by atoms with Crippen molar-refractivity contribution in [3.8, 4) is 0 Å². The van der Waals surface area contributed by atoms with E-state index in [0.717, 1.165) is 14.6 Å². The first-order valence-electron chi connectivity index (χ1n) is 3.16. The van der Waals surface area contributed by atoms with E-state index >= 15 is 0 Å². The van der Waals surface area contributed by atoms with E-state index in [4.69, 9.17) is 5.73 Å². The molecule has 0 fully saturated rings. The zero-order valence-corrected chi connectivity index (χ0v) is 7.79. The number of fused-ring (bicyclic) bond motifs is 1. The lowest BCUT2D eigenvalue weighted by molar-refractivity contribution is 1.33. The van der Waals surface area contributed by atoms with Gasteiger partial charge in [-0.2, -0.15) is 0 Å². The maximum atomic E-state index is 5.55. The fraction of sp³-hybridized carbons (Fsp3) is 0. The highest BCUT2D eigenvalue weighted by atomic mass is 127. The number of nitrogens with two attached hydrogens (primary N) is 1. The zero-order chi connectivity index (χ0) is 7.84. The predicted molar refractivity (Wildman–Crippen MR) is 53.2 cm³/mol. The molecular formula is C7H6IN3. The molecule has 0 spiro atoms. The molecule has 0 radical (unpaired) electrons. The highest BCUT2D eigenvalue weighted by Crippen LogP contribution is 2.19. The van der Waals surface area contributed by atoms with Crippen molar-refractivity contribution in [1.29, 1.82) is 0 Å². The summed E-state index contributed by atoms with van der Waals surface area (Å²) in [7, 11) is 0. The number of rotatable bonds is 0. The molecule has 2 aromatic heterocycles. The third-order valence-electron chi connectivity index (χ3n) is 1.50. The van der Waals surface area contributed by atoms with Crippen LogP contribution in [0.5, 0.6) is 0 Å². The molecule has 11 heavy (non-hydrogen) atoms. The molecule has 0 bridgehead atoms. The third kappa shape index (κ3) is 1.07. The summed E-state index contributed by atoms with van der Waals surface area (Å²) in [6, 6.07) is 3.85. The van der Waals surface area contributed by atoms with Gasteiger partial charge in [0.15, 0.2) is 0 Å². The van der Waals surface area contributed by atoms with Crippen LogP contribution in [0.1, 0.15) is 0 Å². The fourth-order valence-electron chi connectivity index (χ4n) is 1.01. The van der Waals surface area contributed by atoms with Gasteiger partial charge in [0.05, 0.1) is 0 Å². The van der Waals surface area contributed by atoms with Crippen molar-refractivity contribution in [3.05, 3.63) is 21.9 Å².